The molecule has 90 valence electrons. The summed E-state index contributed by atoms with van der Waals surface area (Å²) in [6.07, 6.45) is 2.78. The summed E-state index contributed by atoms with van der Waals surface area (Å²) in [4.78, 5) is 4.42. The molecule has 0 spiro atoms. The van der Waals surface area contributed by atoms with Crippen LogP contribution < -0.4 is 5.32 Å². The lowest BCUT2D eigenvalue weighted by Crippen LogP contribution is -2.13. The van der Waals surface area contributed by atoms with Crippen LogP contribution in [-0.4, -0.2) is 28.4 Å². The molecule has 4 heteroatoms. The van der Waals surface area contributed by atoms with E-state index in [4.69, 9.17) is 0 Å². The molecule has 17 heavy (non-hydrogen) atoms. The minimum Gasteiger partial charge on any atom is -0.319 e. The first-order valence-electron chi connectivity index (χ1n) is 5.82. The Morgan fingerprint density at radius 3 is 2.82 bits per heavy atom. The number of nitrogens with zero attached hydrogens (tertiary/aromatic N) is 3. The second-order valence-electron chi connectivity index (χ2n) is 4.10. The van der Waals surface area contributed by atoms with Crippen LogP contribution in [0.4, 0.5) is 0 Å². The smallest absolute Gasteiger partial charge is 0.0739 e. The molecule has 0 atom stereocenters. The predicted octanol–water partition coefficient (Wildman–Crippen LogP) is 1.55. The van der Waals surface area contributed by atoms with Crippen LogP contribution in [-0.2, 0) is 13.5 Å². The van der Waals surface area contributed by atoms with E-state index < -0.39 is 0 Å². The predicted molar refractivity (Wildman–Crippen MR) is 68.8 cm³/mol. The summed E-state index contributed by atoms with van der Waals surface area (Å²) >= 11 is 0. The zero-order chi connectivity index (χ0) is 12.3. The molecule has 0 aliphatic rings. The third kappa shape index (κ3) is 2.36. The van der Waals surface area contributed by atoms with Gasteiger partial charge in [0.1, 0.15) is 0 Å². The van der Waals surface area contributed by atoms with Crippen LogP contribution in [0.2, 0.25) is 0 Å². The minimum absolute atomic E-state index is 0.943. The van der Waals surface area contributed by atoms with Crippen LogP contribution in [0.25, 0.3) is 11.3 Å². The Bertz CT molecular complexity index is 488. The van der Waals surface area contributed by atoms with Crippen molar-refractivity contribution in [3.63, 3.8) is 0 Å². The first kappa shape index (κ1) is 11.8. The maximum atomic E-state index is 4.49. The van der Waals surface area contributed by atoms with Gasteiger partial charge in [-0.25, -0.2) is 0 Å². The fourth-order valence-electron chi connectivity index (χ4n) is 2.08. The molecule has 0 saturated heterocycles. The summed E-state index contributed by atoms with van der Waals surface area (Å²) in [6.45, 7) is 2.98. The van der Waals surface area contributed by atoms with Crippen LogP contribution in [0.1, 0.15) is 11.4 Å². The highest BCUT2D eigenvalue weighted by Gasteiger charge is 2.15. The highest BCUT2D eigenvalue weighted by atomic mass is 15.3. The Hall–Kier alpha value is -1.68. The Morgan fingerprint density at radius 1 is 1.35 bits per heavy atom. The maximum absolute atomic E-state index is 4.49. The molecule has 2 heterocycles. The van der Waals surface area contributed by atoms with Gasteiger partial charge in [-0.05, 0) is 26.1 Å². The van der Waals surface area contributed by atoms with Crippen LogP contribution >= 0.6 is 0 Å². The number of hydrogen-bond donors (Lipinski definition) is 1. The van der Waals surface area contributed by atoms with E-state index in [0.717, 1.165) is 24.4 Å². The molecule has 0 bridgehead atoms. The van der Waals surface area contributed by atoms with E-state index in [-0.39, 0.29) is 0 Å². The molecular formula is C13H18N4. The molecule has 0 aliphatic carbocycles. The van der Waals surface area contributed by atoms with Crippen molar-refractivity contribution in [2.75, 3.05) is 13.6 Å². The normalized spacial score (nSPS) is 10.8. The molecule has 0 fully saturated rings. The van der Waals surface area contributed by atoms with Crippen molar-refractivity contribution >= 4 is 0 Å². The van der Waals surface area contributed by atoms with Crippen molar-refractivity contribution in [3.05, 3.63) is 35.8 Å². The Morgan fingerprint density at radius 2 is 2.18 bits per heavy atom. The van der Waals surface area contributed by atoms with Crippen molar-refractivity contribution in [2.45, 2.75) is 13.3 Å². The van der Waals surface area contributed by atoms with Crippen LogP contribution in [0.15, 0.2) is 24.4 Å². The van der Waals surface area contributed by atoms with Crippen molar-refractivity contribution in [1.82, 2.24) is 20.1 Å². The highest BCUT2D eigenvalue weighted by Crippen LogP contribution is 2.25. The van der Waals surface area contributed by atoms with Gasteiger partial charge in [-0.1, -0.05) is 6.07 Å². The van der Waals surface area contributed by atoms with Gasteiger partial charge >= 0.3 is 0 Å². The fourth-order valence-corrected chi connectivity index (χ4v) is 2.08. The summed E-state index contributed by atoms with van der Waals surface area (Å²) in [5.41, 5.74) is 4.44. The first-order valence-corrected chi connectivity index (χ1v) is 5.82. The largest absolute Gasteiger partial charge is 0.319 e. The molecule has 1 N–H and O–H groups in total. The van der Waals surface area contributed by atoms with E-state index in [9.17, 15) is 0 Å². The number of hydrogen-bond acceptors (Lipinski definition) is 3. The zero-order valence-corrected chi connectivity index (χ0v) is 10.6. The maximum Gasteiger partial charge on any atom is 0.0739 e. The topological polar surface area (TPSA) is 42.7 Å². The van der Waals surface area contributed by atoms with Crippen LogP contribution in [0, 0.1) is 6.92 Å². The van der Waals surface area contributed by atoms with Crippen molar-refractivity contribution < 1.29 is 0 Å². The molecule has 0 aliphatic heterocycles. The molecule has 2 rings (SSSR count). The van der Waals surface area contributed by atoms with Gasteiger partial charge < -0.3 is 5.32 Å². The van der Waals surface area contributed by atoms with Gasteiger partial charge in [0, 0.05) is 37.5 Å². The van der Waals surface area contributed by atoms with Gasteiger partial charge in [0.05, 0.1) is 11.4 Å². The molecule has 2 aromatic heterocycles. The molecule has 4 nitrogen and oxygen atoms in total. The third-order valence-electron chi connectivity index (χ3n) is 2.87. The second kappa shape index (κ2) is 5.10. The van der Waals surface area contributed by atoms with Crippen molar-refractivity contribution in [1.29, 1.82) is 0 Å². The molecule has 0 radical (unpaired) electrons. The Labute approximate surface area is 102 Å². The zero-order valence-electron chi connectivity index (χ0n) is 10.6. The van der Waals surface area contributed by atoms with Crippen molar-refractivity contribution in [2.24, 2.45) is 7.05 Å². The van der Waals surface area contributed by atoms with E-state index in [1.807, 2.05) is 50.1 Å². The molecule has 0 unspecified atom stereocenters. The number of rotatable bonds is 4. The van der Waals surface area contributed by atoms with E-state index in [0.29, 0.717) is 0 Å². The molecule has 0 aromatic carbocycles. The number of aryl methyl sites for hydroxylation is 2. The van der Waals surface area contributed by atoms with Crippen molar-refractivity contribution in [3.8, 4) is 11.3 Å². The average Bonchev–Trinajstić information content (AvgIpc) is 2.62. The lowest BCUT2D eigenvalue weighted by atomic mass is 10.1. The quantitative estimate of drug-likeness (QED) is 0.866. The number of pyridine rings is 1. The first-order chi connectivity index (χ1) is 8.24. The van der Waals surface area contributed by atoms with E-state index in [2.05, 4.69) is 15.4 Å². The second-order valence-corrected chi connectivity index (χ2v) is 4.10. The molecular weight excluding hydrogens is 212 g/mol. The summed E-state index contributed by atoms with van der Waals surface area (Å²) in [5.74, 6) is 0. The average molecular weight is 230 g/mol. The summed E-state index contributed by atoms with van der Waals surface area (Å²) in [5, 5.41) is 7.66. The molecule has 0 amide bonds. The van der Waals surface area contributed by atoms with Gasteiger partial charge in [0.15, 0.2) is 0 Å². The molecule has 2 aromatic rings. The summed E-state index contributed by atoms with van der Waals surface area (Å²) < 4.78 is 1.96. The van der Waals surface area contributed by atoms with Crippen LogP contribution in [0.3, 0.4) is 0 Å². The SMILES string of the molecule is CNCCc1c(-c2ccccn2)c(C)nn1C. The van der Waals surface area contributed by atoms with E-state index >= 15 is 0 Å². The lowest BCUT2D eigenvalue weighted by Gasteiger charge is -2.05. The van der Waals surface area contributed by atoms with Gasteiger partial charge in [-0.15, -0.1) is 0 Å². The van der Waals surface area contributed by atoms with Gasteiger partial charge in [-0.3, -0.25) is 9.67 Å². The fraction of sp³-hybridized carbons (Fsp3) is 0.385. The van der Waals surface area contributed by atoms with E-state index in [1.54, 1.807) is 0 Å². The van der Waals surface area contributed by atoms with Gasteiger partial charge in [0.2, 0.25) is 0 Å². The summed E-state index contributed by atoms with van der Waals surface area (Å²) in [6, 6.07) is 5.98. The van der Waals surface area contributed by atoms with E-state index in [1.165, 1.54) is 11.3 Å². The standard InChI is InChI=1S/C13H18N4/c1-10-13(11-6-4-5-8-15-11)12(7-9-14-2)17(3)16-10/h4-6,8,14H,7,9H2,1-3H3. The molecule has 0 saturated carbocycles. The minimum atomic E-state index is 0.943. The van der Waals surface area contributed by atoms with Gasteiger partial charge in [0.25, 0.3) is 0 Å². The number of aromatic nitrogens is 3. The Kier molecular flexibility index (Phi) is 3.54. The summed E-state index contributed by atoms with van der Waals surface area (Å²) in [7, 11) is 3.95. The third-order valence-corrected chi connectivity index (χ3v) is 2.87. The van der Waals surface area contributed by atoms with Crippen LogP contribution in [0.5, 0.6) is 0 Å². The lowest BCUT2D eigenvalue weighted by molar-refractivity contribution is 0.678. The highest BCUT2D eigenvalue weighted by molar-refractivity contribution is 5.64. The number of nitrogens with one attached hydrogen (secondary N) is 1. The van der Waals surface area contributed by atoms with Gasteiger partial charge in [-0.2, -0.15) is 5.10 Å². The monoisotopic (exact) mass is 230 g/mol. The Balaban J connectivity index is 2.45. The number of likely N-dealkylation sites (N-methyl/N-ethyl adjacent to an activating group) is 1.